The molecule has 0 aromatic heterocycles. The predicted octanol–water partition coefficient (Wildman–Crippen LogP) is 9.14. The van der Waals surface area contributed by atoms with Crippen LogP contribution >= 0.6 is 88.1 Å². The van der Waals surface area contributed by atoms with Crippen molar-refractivity contribution in [1.82, 2.24) is 0 Å². The molecule has 3 aromatic carbocycles. The van der Waals surface area contributed by atoms with Crippen LogP contribution in [0.2, 0.25) is 0 Å². The van der Waals surface area contributed by atoms with Crippen molar-refractivity contribution >= 4 is 88.1 Å². The first-order valence-electron chi connectivity index (χ1n) is 7.30. The number of hydrogen-bond donors (Lipinski definition) is 1. The lowest BCUT2D eigenvalue weighted by Crippen LogP contribution is -1.82. The fourth-order valence-corrected chi connectivity index (χ4v) is 6.37. The third-order valence-electron chi connectivity index (χ3n) is 3.00. The highest BCUT2D eigenvalue weighted by Gasteiger charge is 2.00. The topological polar surface area (TPSA) is 0 Å². The van der Waals surface area contributed by atoms with Crippen molar-refractivity contribution in [3.63, 3.8) is 0 Å². The Hall–Kier alpha value is 0.210. The van der Waals surface area contributed by atoms with E-state index >= 15 is 0 Å². The number of thiol groups is 1. The standard InChI is InChI=1S/C13H9Br2FS.C6H4Br2S/c14-10-5-11(15)7-13(6-10)17-8-9-1-3-12(16)4-2-9;7-4-1-5(8)3-6(9)2-4/h1-7H,8H2;1-3,9H. The molecule has 0 saturated heterocycles. The van der Waals surface area contributed by atoms with Crippen molar-refractivity contribution in [2.75, 3.05) is 0 Å². The number of halogens is 5. The van der Waals surface area contributed by atoms with E-state index < -0.39 is 0 Å². The highest BCUT2D eigenvalue weighted by molar-refractivity contribution is 9.11. The van der Waals surface area contributed by atoms with E-state index in [0.29, 0.717) is 0 Å². The van der Waals surface area contributed by atoms with E-state index in [4.69, 9.17) is 0 Å². The molecule has 0 radical (unpaired) electrons. The molecule has 0 heterocycles. The highest BCUT2D eigenvalue weighted by atomic mass is 79.9. The van der Waals surface area contributed by atoms with Gasteiger partial charge in [0.1, 0.15) is 5.82 Å². The van der Waals surface area contributed by atoms with Crippen LogP contribution in [0.1, 0.15) is 5.56 Å². The highest BCUT2D eigenvalue weighted by Crippen LogP contribution is 2.29. The monoisotopic (exact) mass is 640 g/mol. The summed E-state index contributed by atoms with van der Waals surface area (Å²) in [5.41, 5.74) is 1.12. The Bertz CT molecular complexity index is 799. The molecule has 0 fully saturated rings. The minimum atomic E-state index is -0.191. The quantitative estimate of drug-likeness (QED) is 0.219. The van der Waals surface area contributed by atoms with E-state index in [1.54, 1.807) is 11.8 Å². The zero-order chi connectivity index (χ0) is 19.1. The van der Waals surface area contributed by atoms with E-state index in [-0.39, 0.29) is 5.82 Å². The molecule has 3 rings (SSSR count). The van der Waals surface area contributed by atoms with Crippen molar-refractivity contribution in [2.24, 2.45) is 0 Å². The van der Waals surface area contributed by atoms with Crippen LogP contribution in [0.25, 0.3) is 0 Å². The van der Waals surface area contributed by atoms with Gasteiger partial charge in [-0.15, -0.1) is 24.4 Å². The molecule has 7 heteroatoms. The summed E-state index contributed by atoms with van der Waals surface area (Å²) in [7, 11) is 0. The molecule has 0 spiro atoms. The largest absolute Gasteiger partial charge is 0.207 e. The SMILES string of the molecule is Fc1ccc(CSc2cc(Br)cc(Br)c2)cc1.Sc1cc(Br)cc(Br)c1. The lowest BCUT2D eigenvalue weighted by molar-refractivity contribution is 0.627. The number of rotatable bonds is 3. The first-order chi connectivity index (χ1) is 12.3. The maximum absolute atomic E-state index is 12.7. The van der Waals surface area contributed by atoms with Crippen LogP contribution in [0.5, 0.6) is 0 Å². The average Bonchev–Trinajstić information content (AvgIpc) is 2.53. The minimum Gasteiger partial charge on any atom is -0.207 e. The Morgan fingerprint density at radius 2 is 1.19 bits per heavy atom. The smallest absolute Gasteiger partial charge is 0.123 e. The zero-order valence-corrected chi connectivity index (χ0v) is 21.3. The Balaban J connectivity index is 0.000000228. The molecular weight excluding hydrogens is 631 g/mol. The average molecular weight is 644 g/mol. The summed E-state index contributed by atoms with van der Waals surface area (Å²) in [5, 5.41) is 0. The van der Waals surface area contributed by atoms with E-state index in [0.717, 1.165) is 34.1 Å². The lowest BCUT2D eigenvalue weighted by atomic mass is 10.2. The van der Waals surface area contributed by atoms with Crippen LogP contribution in [0.15, 0.2) is 88.3 Å². The Morgan fingerprint density at radius 3 is 1.65 bits per heavy atom. The molecule has 0 saturated carbocycles. The summed E-state index contributed by atoms with van der Waals surface area (Å²) in [5.74, 6) is 0.646. The molecule has 0 unspecified atom stereocenters. The Labute approximate surface area is 196 Å². The molecule has 0 amide bonds. The van der Waals surface area contributed by atoms with Gasteiger partial charge in [-0.3, -0.25) is 0 Å². The van der Waals surface area contributed by atoms with Gasteiger partial charge in [0.15, 0.2) is 0 Å². The fraction of sp³-hybridized carbons (Fsp3) is 0.0526. The van der Waals surface area contributed by atoms with Gasteiger partial charge in [0.2, 0.25) is 0 Å². The summed E-state index contributed by atoms with van der Waals surface area (Å²) in [6.07, 6.45) is 0. The van der Waals surface area contributed by atoms with Crippen molar-refractivity contribution in [1.29, 1.82) is 0 Å². The second-order valence-electron chi connectivity index (χ2n) is 5.15. The second kappa shape index (κ2) is 11.3. The van der Waals surface area contributed by atoms with E-state index in [2.05, 4.69) is 88.5 Å². The van der Waals surface area contributed by atoms with Crippen LogP contribution in [0.3, 0.4) is 0 Å². The molecule has 0 bridgehead atoms. The third-order valence-corrected chi connectivity index (χ3v) is 6.14. The van der Waals surface area contributed by atoms with Gasteiger partial charge < -0.3 is 0 Å². The summed E-state index contributed by atoms with van der Waals surface area (Å²) in [6, 6.07) is 18.6. The van der Waals surface area contributed by atoms with Crippen molar-refractivity contribution in [2.45, 2.75) is 15.5 Å². The second-order valence-corrected chi connectivity index (χ2v) is 10.4. The van der Waals surface area contributed by atoms with Crippen molar-refractivity contribution in [3.8, 4) is 0 Å². The Kier molecular flexibility index (Phi) is 9.75. The molecule has 0 atom stereocenters. The number of thioether (sulfide) groups is 1. The van der Waals surface area contributed by atoms with Gasteiger partial charge in [-0.1, -0.05) is 75.9 Å². The zero-order valence-electron chi connectivity index (χ0n) is 13.2. The van der Waals surface area contributed by atoms with Gasteiger partial charge in [0.25, 0.3) is 0 Å². The summed E-state index contributed by atoms with van der Waals surface area (Å²) in [6.45, 7) is 0. The lowest BCUT2D eigenvalue weighted by Gasteiger charge is -2.04. The fourth-order valence-electron chi connectivity index (χ4n) is 1.90. The first-order valence-corrected chi connectivity index (χ1v) is 11.9. The summed E-state index contributed by atoms with van der Waals surface area (Å²) in [4.78, 5) is 2.13. The predicted molar refractivity (Wildman–Crippen MR) is 127 cm³/mol. The van der Waals surface area contributed by atoms with Crippen molar-refractivity contribution in [3.05, 3.63) is 89.9 Å². The minimum absolute atomic E-state index is 0.191. The van der Waals surface area contributed by atoms with E-state index in [1.807, 2.05) is 36.4 Å². The molecule has 0 aliphatic rings. The third kappa shape index (κ3) is 8.48. The molecule has 0 aliphatic heterocycles. The van der Waals surface area contributed by atoms with Crippen LogP contribution < -0.4 is 0 Å². The van der Waals surface area contributed by atoms with Gasteiger partial charge >= 0.3 is 0 Å². The van der Waals surface area contributed by atoms with E-state index in [9.17, 15) is 4.39 Å². The van der Waals surface area contributed by atoms with E-state index in [1.165, 1.54) is 17.0 Å². The van der Waals surface area contributed by atoms with Gasteiger partial charge in [-0.2, -0.15) is 0 Å². The normalized spacial score (nSPS) is 10.2. The van der Waals surface area contributed by atoms with Gasteiger partial charge in [-0.05, 0) is 54.1 Å². The molecule has 3 aromatic rings. The van der Waals surface area contributed by atoms with Crippen LogP contribution in [0.4, 0.5) is 4.39 Å². The summed E-state index contributed by atoms with van der Waals surface area (Å²) >= 11 is 19.5. The summed E-state index contributed by atoms with van der Waals surface area (Å²) < 4.78 is 16.9. The molecule has 0 nitrogen and oxygen atoms in total. The van der Waals surface area contributed by atoms with Gasteiger partial charge in [-0.25, -0.2) is 4.39 Å². The first kappa shape index (κ1) is 22.5. The van der Waals surface area contributed by atoms with Gasteiger partial charge in [0.05, 0.1) is 0 Å². The van der Waals surface area contributed by atoms with Crippen molar-refractivity contribution < 1.29 is 4.39 Å². The molecule has 0 N–H and O–H groups in total. The molecular formula is C19H13Br4FS2. The maximum atomic E-state index is 12.7. The van der Waals surface area contributed by atoms with Crippen LogP contribution in [-0.2, 0) is 5.75 Å². The van der Waals surface area contributed by atoms with Crippen LogP contribution in [-0.4, -0.2) is 0 Å². The Morgan fingerprint density at radius 1 is 0.731 bits per heavy atom. The molecule has 136 valence electrons. The maximum Gasteiger partial charge on any atom is 0.123 e. The molecule has 26 heavy (non-hydrogen) atoms. The van der Waals surface area contributed by atoms with Crippen LogP contribution in [0, 0.1) is 5.82 Å². The van der Waals surface area contributed by atoms with Gasteiger partial charge in [0, 0.05) is 33.4 Å². The number of benzene rings is 3. The molecule has 0 aliphatic carbocycles. The number of hydrogen-bond acceptors (Lipinski definition) is 2.